The zero-order valence-corrected chi connectivity index (χ0v) is 14.3. The van der Waals surface area contributed by atoms with Crippen LogP contribution in [0.2, 0.25) is 0 Å². The monoisotopic (exact) mass is 340 g/mol. The molecule has 0 saturated heterocycles. The van der Waals surface area contributed by atoms with E-state index in [1.54, 1.807) is 22.7 Å². The molecule has 1 aromatic heterocycles. The molecule has 1 N–H and O–H groups in total. The summed E-state index contributed by atoms with van der Waals surface area (Å²) in [6.45, 7) is 3.66. The Bertz CT molecular complexity index is 858. The SMILES string of the molecule is CC1Cc2cc(CNC(=O)c3cc4n(n3)CCN(C)C4=O)ccc2O1. The second-order valence-electron chi connectivity index (χ2n) is 6.62. The van der Waals surface area contributed by atoms with Crippen LogP contribution in [0, 0.1) is 0 Å². The number of hydrogen-bond acceptors (Lipinski definition) is 4. The van der Waals surface area contributed by atoms with Gasteiger partial charge in [0.1, 0.15) is 17.5 Å². The summed E-state index contributed by atoms with van der Waals surface area (Å²) < 4.78 is 7.29. The molecule has 0 radical (unpaired) electrons. The minimum atomic E-state index is -0.275. The first-order chi connectivity index (χ1) is 12.0. The zero-order chi connectivity index (χ0) is 17.6. The van der Waals surface area contributed by atoms with Crippen LogP contribution in [0.15, 0.2) is 24.3 Å². The fourth-order valence-electron chi connectivity index (χ4n) is 3.27. The van der Waals surface area contributed by atoms with Crippen molar-refractivity contribution in [3.8, 4) is 5.75 Å². The molecule has 1 unspecified atom stereocenters. The number of nitrogens with one attached hydrogen (secondary N) is 1. The van der Waals surface area contributed by atoms with Gasteiger partial charge in [-0.2, -0.15) is 5.10 Å². The largest absolute Gasteiger partial charge is 0.490 e. The molecular weight excluding hydrogens is 320 g/mol. The Hall–Kier alpha value is -2.83. The lowest BCUT2D eigenvalue weighted by Gasteiger charge is -2.22. The number of fused-ring (bicyclic) bond motifs is 2. The molecule has 4 rings (SSSR count). The normalized spacial score (nSPS) is 18.6. The molecule has 0 saturated carbocycles. The van der Waals surface area contributed by atoms with Gasteiger partial charge in [0, 0.05) is 32.6 Å². The van der Waals surface area contributed by atoms with Gasteiger partial charge < -0.3 is 15.0 Å². The number of amides is 2. The van der Waals surface area contributed by atoms with Gasteiger partial charge in [-0.1, -0.05) is 12.1 Å². The number of rotatable bonds is 3. The topological polar surface area (TPSA) is 76.5 Å². The molecule has 2 aromatic rings. The molecule has 2 amide bonds. The Morgan fingerprint density at radius 1 is 1.36 bits per heavy atom. The fraction of sp³-hybridized carbons (Fsp3) is 0.389. The molecule has 2 aliphatic heterocycles. The number of benzene rings is 1. The van der Waals surface area contributed by atoms with Crippen molar-refractivity contribution in [2.45, 2.75) is 32.5 Å². The molecule has 130 valence electrons. The molecule has 7 nitrogen and oxygen atoms in total. The Kier molecular flexibility index (Phi) is 3.71. The van der Waals surface area contributed by atoms with Crippen molar-refractivity contribution in [3.05, 3.63) is 46.8 Å². The van der Waals surface area contributed by atoms with Gasteiger partial charge in [0.25, 0.3) is 11.8 Å². The van der Waals surface area contributed by atoms with Gasteiger partial charge in [0.2, 0.25) is 0 Å². The second kappa shape index (κ2) is 5.91. The highest BCUT2D eigenvalue weighted by Crippen LogP contribution is 2.29. The summed E-state index contributed by atoms with van der Waals surface area (Å²) >= 11 is 0. The molecule has 0 aliphatic carbocycles. The summed E-state index contributed by atoms with van der Waals surface area (Å²) in [5.41, 5.74) is 2.93. The summed E-state index contributed by atoms with van der Waals surface area (Å²) in [6.07, 6.45) is 1.09. The van der Waals surface area contributed by atoms with Crippen molar-refractivity contribution in [2.75, 3.05) is 13.6 Å². The van der Waals surface area contributed by atoms with Gasteiger partial charge in [0.05, 0.1) is 6.54 Å². The average Bonchev–Trinajstić information content (AvgIpc) is 3.18. The molecule has 25 heavy (non-hydrogen) atoms. The number of likely N-dealkylation sites (N-methyl/N-ethyl adjacent to an activating group) is 1. The minimum absolute atomic E-state index is 0.106. The summed E-state index contributed by atoms with van der Waals surface area (Å²) in [5, 5.41) is 7.13. The number of hydrogen-bond donors (Lipinski definition) is 1. The van der Waals surface area contributed by atoms with E-state index in [0.717, 1.165) is 17.7 Å². The van der Waals surface area contributed by atoms with E-state index in [4.69, 9.17) is 4.74 Å². The zero-order valence-electron chi connectivity index (χ0n) is 14.3. The van der Waals surface area contributed by atoms with Crippen LogP contribution in [0.4, 0.5) is 0 Å². The fourth-order valence-corrected chi connectivity index (χ4v) is 3.27. The van der Waals surface area contributed by atoms with Crippen molar-refractivity contribution in [1.29, 1.82) is 0 Å². The third-order valence-electron chi connectivity index (χ3n) is 4.64. The van der Waals surface area contributed by atoms with E-state index >= 15 is 0 Å². The van der Waals surface area contributed by atoms with Crippen LogP contribution in [0.25, 0.3) is 0 Å². The van der Waals surface area contributed by atoms with Crippen LogP contribution in [0.5, 0.6) is 5.75 Å². The maximum atomic E-state index is 12.4. The molecule has 1 atom stereocenters. The maximum absolute atomic E-state index is 12.4. The lowest BCUT2D eigenvalue weighted by atomic mass is 10.1. The first kappa shape index (κ1) is 15.7. The number of aromatic nitrogens is 2. The quantitative estimate of drug-likeness (QED) is 0.911. The van der Waals surface area contributed by atoms with Crippen molar-refractivity contribution >= 4 is 11.8 Å². The molecule has 1 aromatic carbocycles. The molecule has 0 fully saturated rings. The Morgan fingerprint density at radius 2 is 2.20 bits per heavy atom. The van der Waals surface area contributed by atoms with Crippen molar-refractivity contribution < 1.29 is 14.3 Å². The highest BCUT2D eigenvalue weighted by molar-refractivity contribution is 5.98. The van der Waals surface area contributed by atoms with E-state index in [-0.39, 0.29) is 23.6 Å². The summed E-state index contributed by atoms with van der Waals surface area (Å²) in [6, 6.07) is 7.53. The van der Waals surface area contributed by atoms with E-state index in [9.17, 15) is 9.59 Å². The second-order valence-corrected chi connectivity index (χ2v) is 6.62. The number of nitrogens with zero attached hydrogens (tertiary/aromatic N) is 3. The first-order valence-electron chi connectivity index (χ1n) is 8.41. The predicted octanol–water partition coefficient (Wildman–Crippen LogP) is 1.22. The van der Waals surface area contributed by atoms with E-state index in [1.165, 1.54) is 5.56 Å². The van der Waals surface area contributed by atoms with E-state index in [0.29, 0.717) is 25.3 Å². The Morgan fingerprint density at radius 3 is 3.04 bits per heavy atom. The van der Waals surface area contributed by atoms with Crippen molar-refractivity contribution in [2.24, 2.45) is 0 Å². The molecule has 0 spiro atoms. The van der Waals surface area contributed by atoms with Crippen LogP contribution in [-0.4, -0.2) is 46.2 Å². The van der Waals surface area contributed by atoms with Crippen LogP contribution in [0.1, 0.15) is 39.0 Å². The highest BCUT2D eigenvalue weighted by atomic mass is 16.5. The van der Waals surface area contributed by atoms with Crippen molar-refractivity contribution in [3.63, 3.8) is 0 Å². The Balaban J connectivity index is 1.44. The van der Waals surface area contributed by atoms with Gasteiger partial charge in [-0.3, -0.25) is 14.3 Å². The lowest BCUT2D eigenvalue weighted by Crippen LogP contribution is -2.37. The number of carbonyl (C=O) groups is 2. The highest BCUT2D eigenvalue weighted by Gasteiger charge is 2.25. The summed E-state index contributed by atoms with van der Waals surface area (Å²) in [5.74, 6) is 0.542. The maximum Gasteiger partial charge on any atom is 0.272 e. The first-order valence-corrected chi connectivity index (χ1v) is 8.41. The van der Waals surface area contributed by atoms with E-state index in [2.05, 4.69) is 16.5 Å². The predicted molar refractivity (Wildman–Crippen MR) is 90.6 cm³/mol. The third kappa shape index (κ3) is 2.86. The standard InChI is InChI=1S/C18H20N4O3/c1-11-7-13-8-12(3-4-16(13)25-11)10-19-17(23)14-9-15-18(24)21(2)5-6-22(15)20-14/h3-4,8-9,11H,5-7,10H2,1-2H3,(H,19,23). The van der Waals surface area contributed by atoms with Gasteiger partial charge in [-0.15, -0.1) is 0 Å². The lowest BCUT2D eigenvalue weighted by molar-refractivity contribution is 0.0742. The minimum Gasteiger partial charge on any atom is -0.490 e. The third-order valence-corrected chi connectivity index (χ3v) is 4.64. The van der Waals surface area contributed by atoms with Gasteiger partial charge in [-0.05, 0) is 24.1 Å². The van der Waals surface area contributed by atoms with E-state index < -0.39 is 0 Å². The van der Waals surface area contributed by atoms with Gasteiger partial charge >= 0.3 is 0 Å². The van der Waals surface area contributed by atoms with Crippen molar-refractivity contribution in [1.82, 2.24) is 20.0 Å². The smallest absolute Gasteiger partial charge is 0.272 e. The number of carbonyl (C=O) groups excluding carboxylic acids is 2. The average molecular weight is 340 g/mol. The molecule has 2 aliphatic rings. The molecule has 0 bridgehead atoms. The Labute approximate surface area is 145 Å². The molecular formula is C18H20N4O3. The molecule has 7 heteroatoms. The summed E-state index contributed by atoms with van der Waals surface area (Å²) in [4.78, 5) is 26.1. The van der Waals surface area contributed by atoms with Gasteiger partial charge in [0.15, 0.2) is 5.69 Å². The van der Waals surface area contributed by atoms with Crippen LogP contribution in [-0.2, 0) is 19.5 Å². The van der Waals surface area contributed by atoms with Crippen LogP contribution < -0.4 is 10.1 Å². The van der Waals surface area contributed by atoms with Gasteiger partial charge in [-0.25, -0.2) is 0 Å². The van der Waals surface area contributed by atoms with E-state index in [1.807, 2.05) is 19.1 Å². The van der Waals surface area contributed by atoms with Crippen LogP contribution in [0.3, 0.4) is 0 Å². The molecule has 3 heterocycles. The number of ether oxygens (including phenoxy) is 1. The summed E-state index contributed by atoms with van der Waals surface area (Å²) in [7, 11) is 1.75. The van der Waals surface area contributed by atoms with Crippen LogP contribution >= 0.6 is 0 Å².